The highest BCUT2D eigenvalue weighted by atomic mass is 19.4. The van der Waals surface area contributed by atoms with Gasteiger partial charge in [0.05, 0.1) is 18.6 Å². The molecule has 1 aliphatic heterocycles. The topological polar surface area (TPSA) is 58.6 Å². The minimum atomic E-state index is -4.48. The van der Waals surface area contributed by atoms with E-state index in [9.17, 15) is 22.8 Å². The summed E-state index contributed by atoms with van der Waals surface area (Å²) < 4.78 is 44.9. The Balaban J connectivity index is 1.88. The number of carbonyl (C=O) groups is 2. The van der Waals surface area contributed by atoms with Crippen molar-refractivity contribution >= 4 is 11.8 Å². The van der Waals surface area contributed by atoms with Crippen LogP contribution in [0.5, 0.6) is 5.75 Å². The van der Waals surface area contributed by atoms with Gasteiger partial charge in [0.2, 0.25) is 5.91 Å². The summed E-state index contributed by atoms with van der Waals surface area (Å²) in [5, 5.41) is 2.87. The normalized spacial score (nSPS) is 18.7. The number of hydrogen-bond acceptors (Lipinski definition) is 3. The van der Waals surface area contributed by atoms with Crippen LogP contribution in [0.25, 0.3) is 0 Å². The van der Waals surface area contributed by atoms with E-state index in [1.54, 1.807) is 30.3 Å². The van der Waals surface area contributed by atoms with Gasteiger partial charge in [0, 0.05) is 31.1 Å². The van der Waals surface area contributed by atoms with E-state index in [0.29, 0.717) is 23.4 Å². The molecule has 3 rings (SSSR count). The van der Waals surface area contributed by atoms with E-state index in [1.165, 1.54) is 18.1 Å². The number of alkyl halides is 3. The summed E-state index contributed by atoms with van der Waals surface area (Å²) in [6.07, 6.45) is -4.48. The molecule has 0 bridgehead atoms. The average molecular weight is 448 g/mol. The molecule has 0 saturated carbocycles. The Kier molecular flexibility index (Phi) is 7.11. The first-order chi connectivity index (χ1) is 15.1. The lowest BCUT2D eigenvalue weighted by atomic mass is 9.87. The van der Waals surface area contributed by atoms with Crippen LogP contribution in [-0.2, 0) is 11.0 Å². The number of methoxy groups -OCH3 is 1. The van der Waals surface area contributed by atoms with Gasteiger partial charge in [0.15, 0.2) is 0 Å². The number of rotatable bonds is 6. The maximum atomic E-state index is 13.3. The highest BCUT2D eigenvalue weighted by molar-refractivity contribution is 5.95. The van der Waals surface area contributed by atoms with Gasteiger partial charge in [0.1, 0.15) is 5.75 Å². The van der Waals surface area contributed by atoms with Gasteiger partial charge in [-0.2, -0.15) is 13.2 Å². The molecule has 0 aliphatic carbocycles. The highest BCUT2D eigenvalue weighted by Gasteiger charge is 2.41. The predicted molar refractivity (Wildman–Crippen MR) is 114 cm³/mol. The van der Waals surface area contributed by atoms with Crippen molar-refractivity contribution in [3.05, 3.63) is 65.2 Å². The number of likely N-dealkylation sites (tertiary alicyclic amines) is 1. The van der Waals surface area contributed by atoms with E-state index < -0.39 is 23.6 Å². The Hall–Kier alpha value is -3.03. The molecule has 172 valence electrons. The Morgan fingerprint density at radius 2 is 1.81 bits per heavy atom. The Bertz CT molecular complexity index is 958. The second-order valence-electron chi connectivity index (χ2n) is 8.41. The van der Waals surface area contributed by atoms with Crippen LogP contribution >= 0.6 is 0 Å². The zero-order valence-corrected chi connectivity index (χ0v) is 18.3. The summed E-state index contributed by atoms with van der Waals surface area (Å²) in [7, 11) is 1.53. The fourth-order valence-corrected chi connectivity index (χ4v) is 3.87. The monoisotopic (exact) mass is 448 g/mol. The van der Waals surface area contributed by atoms with Crippen molar-refractivity contribution in [3.63, 3.8) is 0 Å². The van der Waals surface area contributed by atoms with Gasteiger partial charge >= 0.3 is 6.18 Å². The molecule has 0 radical (unpaired) electrons. The van der Waals surface area contributed by atoms with Crippen molar-refractivity contribution in [2.24, 2.45) is 11.8 Å². The van der Waals surface area contributed by atoms with Crippen LogP contribution in [0.15, 0.2) is 48.5 Å². The van der Waals surface area contributed by atoms with Crippen LogP contribution in [0.3, 0.4) is 0 Å². The second-order valence-corrected chi connectivity index (χ2v) is 8.41. The number of ether oxygens (including phenoxy) is 1. The van der Waals surface area contributed by atoms with Gasteiger partial charge in [-0.15, -0.1) is 0 Å². The number of amides is 2. The van der Waals surface area contributed by atoms with Crippen molar-refractivity contribution in [2.45, 2.75) is 25.9 Å². The molecule has 0 spiro atoms. The maximum Gasteiger partial charge on any atom is 0.416 e. The van der Waals surface area contributed by atoms with Crippen LogP contribution in [-0.4, -0.2) is 43.5 Å². The predicted octanol–water partition coefficient (Wildman–Crippen LogP) is 4.34. The average Bonchev–Trinajstić information content (AvgIpc) is 3.22. The first-order valence-corrected chi connectivity index (χ1v) is 10.5. The van der Waals surface area contributed by atoms with E-state index in [4.69, 9.17) is 4.74 Å². The maximum absolute atomic E-state index is 13.3. The third-order valence-electron chi connectivity index (χ3n) is 5.61. The lowest BCUT2D eigenvalue weighted by Gasteiger charge is -2.20. The summed E-state index contributed by atoms with van der Waals surface area (Å²) in [6, 6.07) is 11.6. The zero-order valence-electron chi connectivity index (χ0n) is 18.3. The van der Waals surface area contributed by atoms with Crippen LogP contribution in [0.4, 0.5) is 13.2 Å². The Morgan fingerprint density at radius 1 is 1.12 bits per heavy atom. The molecule has 1 saturated heterocycles. The SMILES string of the molecule is COc1ccc(C(=O)N2C[C@H](C(=O)NCC(C)C)[C@@H](c3cccc(C(F)(F)F)c3)C2)cc1. The first-order valence-electron chi connectivity index (χ1n) is 10.5. The third kappa shape index (κ3) is 5.41. The fraction of sp³-hybridized carbons (Fsp3) is 0.417. The van der Waals surface area contributed by atoms with Crippen LogP contribution < -0.4 is 10.1 Å². The molecule has 1 N–H and O–H groups in total. The number of halogens is 3. The minimum absolute atomic E-state index is 0.135. The van der Waals surface area contributed by atoms with Crippen molar-refractivity contribution in [2.75, 3.05) is 26.7 Å². The minimum Gasteiger partial charge on any atom is -0.497 e. The van der Waals surface area contributed by atoms with Crippen molar-refractivity contribution in [3.8, 4) is 5.75 Å². The van der Waals surface area contributed by atoms with Crippen molar-refractivity contribution in [1.82, 2.24) is 10.2 Å². The number of benzene rings is 2. The van der Waals surface area contributed by atoms with Crippen LogP contribution in [0, 0.1) is 11.8 Å². The van der Waals surface area contributed by atoms with Crippen LogP contribution in [0.2, 0.25) is 0 Å². The van der Waals surface area contributed by atoms with Crippen LogP contribution in [0.1, 0.15) is 41.3 Å². The molecule has 2 aromatic rings. The lowest BCUT2D eigenvalue weighted by molar-refractivity contribution is -0.137. The first kappa shape index (κ1) is 23.6. The summed E-state index contributed by atoms with van der Waals surface area (Å²) in [5.74, 6) is -0.874. The standard InChI is InChI=1S/C24H27F3N2O3/c1-15(2)12-28-22(30)21-14-29(23(31)16-7-9-19(32-3)10-8-16)13-20(21)17-5-4-6-18(11-17)24(25,26)27/h4-11,15,20-21H,12-14H2,1-3H3,(H,28,30)/t20-,21+/m1/s1. The zero-order chi connectivity index (χ0) is 23.5. The summed E-state index contributed by atoms with van der Waals surface area (Å²) in [6.45, 7) is 4.66. The Labute approximate surface area is 185 Å². The number of nitrogens with one attached hydrogen (secondary N) is 1. The fourth-order valence-electron chi connectivity index (χ4n) is 3.87. The summed E-state index contributed by atoms with van der Waals surface area (Å²) in [5.41, 5.74) is 0.0580. The van der Waals surface area contributed by atoms with Gasteiger partial charge in [0.25, 0.3) is 5.91 Å². The van der Waals surface area contributed by atoms with E-state index in [0.717, 1.165) is 12.1 Å². The van der Waals surface area contributed by atoms with Crippen molar-refractivity contribution in [1.29, 1.82) is 0 Å². The van der Waals surface area contributed by atoms with E-state index in [-0.39, 0.29) is 30.8 Å². The smallest absolute Gasteiger partial charge is 0.416 e. The summed E-state index contributed by atoms with van der Waals surface area (Å²) >= 11 is 0. The molecular weight excluding hydrogens is 421 g/mol. The van der Waals surface area contributed by atoms with E-state index >= 15 is 0 Å². The molecule has 1 aliphatic rings. The van der Waals surface area contributed by atoms with E-state index in [2.05, 4.69) is 5.32 Å². The molecule has 2 amide bonds. The highest BCUT2D eigenvalue weighted by Crippen LogP contribution is 2.37. The molecule has 5 nitrogen and oxygen atoms in total. The van der Waals surface area contributed by atoms with Gasteiger partial charge in [-0.25, -0.2) is 0 Å². The van der Waals surface area contributed by atoms with Gasteiger partial charge in [-0.1, -0.05) is 32.0 Å². The van der Waals surface area contributed by atoms with Gasteiger partial charge in [-0.3, -0.25) is 9.59 Å². The lowest BCUT2D eigenvalue weighted by Crippen LogP contribution is -2.37. The van der Waals surface area contributed by atoms with Gasteiger partial charge in [-0.05, 0) is 41.8 Å². The number of hydrogen-bond donors (Lipinski definition) is 1. The summed E-state index contributed by atoms with van der Waals surface area (Å²) in [4.78, 5) is 27.5. The molecule has 1 fully saturated rings. The number of carbonyl (C=O) groups excluding carboxylic acids is 2. The van der Waals surface area contributed by atoms with Gasteiger partial charge < -0.3 is 15.0 Å². The quantitative estimate of drug-likeness (QED) is 0.715. The van der Waals surface area contributed by atoms with E-state index in [1.807, 2.05) is 13.8 Å². The molecule has 2 aromatic carbocycles. The molecule has 32 heavy (non-hydrogen) atoms. The molecule has 0 unspecified atom stereocenters. The largest absolute Gasteiger partial charge is 0.497 e. The third-order valence-corrected chi connectivity index (χ3v) is 5.61. The molecule has 2 atom stereocenters. The molecule has 0 aromatic heterocycles. The molecular formula is C24H27F3N2O3. The number of nitrogens with zero attached hydrogens (tertiary/aromatic N) is 1. The molecule has 8 heteroatoms. The second kappa shape index (κ2) is 9.63. The van der Waals surface area contributed by atoms with Crippen molar-refractivity contribution < 1.29 is 27.5 Å². The Morgan fingerprint density at radius 3 is 2.41 bits per heavy atom. The molecule has 1 heterocycles.